The number of nitro groups is 1. The molecule has 0 aliphatic heterocycles. The van der Waals surface area contributed by atoms with Crippen LogP contribution in [0, 0.1) is 21.4 Å². The molecule has 1 heterocycles. The number of hydrogen-bond acceptors (Lipinski definition) is 5. The van der Waals surface area contributed by atoms with Crippen LogP contribution in [0.1, 0.15) is 10.4 Å². The van der Waals surface area contributed by atoms with E-state index in [2.05, 4.69) is 21.2 Å². The van der Waals surface area contributed by atoms with Crippen LogP contribution in [0.3, 0.4) is 0 Å². The quantitative estimate of drug-likeness (QED) is 0.677. The molecule has 0 spiro atoms. The Morgan fingerprint density at radius 3 is 2.79 bits per heavy atom. The van der Waals surface area contributed by atoms with Gasteiger partial charge in [0, 0.05) is 11.4 Å². The van der Waals surface area contributed by atoms with Crippen molar-refractivity contribution < 1.29 is 4.92 Å². The van der Waals surface area contributed by atoms with E-state index in [9.17, 15) is 10.1 Å². The Labute approximate surface area is 121 Å². The summed E-state index contributed by atoms with van der Waals surface area (Å²) in [6.45, 7) is 0.478. The Kier molecular flexibility index (Phi) is 4.14. The standard InChI is InChI=1S/C12H8BrN3O2S/c13-11-5-4-9(19-11)7-15-10-3-1-2-8(6-14)12(10)16(17)18/h1-5,15H,7H2. The third-order valence-electron chi connectivity index (χ3n) is 2.42. The molecule has 1 aromatic heterocycles. The fourth-order valence-corrected chi connectivity index (χ4v) is 3.03. The van der Waals surface area contributed by atoms with Crippen LogP contribution >= 0.6 is 27.3 Å². The maximum absolute atomic E-state index is 11.0. The van der Waals surface area contributed by atoms with Gasteiger partial charge in [-0.05, 0) is 40.2 Å². The highest BCUT2D eigenvalue weighted by atomic mass is 79.9. The number of hydrogen-bond donors (Lipinski definition) is 1. The fourth-order valence-electron chi connectivity index (χ4n) is 1.60. The molecule has 7 heteroatoms. The van der Waals surface area contributed by atoms with Gasteiger partial charge in [0.15, 0.2) is 0 Å². The molecular formula is C12H8BrN3O2S. The molecular weight excluding hydrogens is 330 g/mol. The first-order valence-corrected chi connectivity index (χ1v) is 6.88. The van der Waals surface area contributed by atoms with E-state index in [4.69, 9.17) is 5.26 Å². The minimum atomic E-state index is -0.536. The Hall–Kier alpha value is -1.91. The number of benzene rings is 1. The molecule has 19 heavy (non-hydrogen) atoms. The normalized spacial score (nSPS) is 9.89. The maximum atomic E-state index is 11.0. The molecule has 0 radical (unpaired) electrons. The zero-order valence-corrected chi connectivity index (χ0v) is 12.0. The van der Waals surface area contributed by atoms with Gasteiger partial charge in [0.25, 0.3) is 0 Å². The number of nitriles is 1. The zero-order valence-electron chi connectivity index (χ0n) is 9.59. The van der Waals surface area contributed by atoms with E-state index in [0.29, 0.717) is 12.2 Å². The van der Waals surface area contributed by atoms with Crippen molar-refractivity contribution in [3.63, 3.8) is 0 Å². The molecule has 1 N–H and O–H groups in total. The summed E-state index contributed by atoms with van der Waals surface area (Å²) in [4.78, 5) is 11.5. The molecule has 0 amide bonds. The number of nitrogens with one attached hydrogen (secondary N) is 1. The number of nitro benzene ring substituents is 1. The smallest absolute Gasteiger partial charge is 0.309 e. The number of rotatable bonds is 4. The second-order valence-corrected chi connectivity index (χ2v) is 6.18. The van der Waals surface area contributed by atoms with Gasteiger partial charge in [-0.25, -0.2) is 0 Å². The summed E-state index contributed by atoms with van der Waals surface area (Å²) >= 11 is 4.91. The fraction of sp³-hybridized carbons (Fsp3) is 0.0833. The van der Waals surface area contributed by atoms with Crippen molar-refractivity contribution in [1.29, 1.82) is 5.26 Å². The summed E-state index contributed by atoms with van der Waals surface area (Å²) in [6, 6.07) is 10.3. The minimum Gasteiger partial charge on any atom is -0.375 e. The molecule has 0 aliphatic carbocycles. The summed E-state index contributed by atoms with van der Waals surface area (Å²) < 4.78 is 1.00. The van der Waals surface area contributed by atoms with Crippen LogP contribution in [0.2, 0.25) is 0 Å². The lowest BCUT2D eigenvalue weighted by atomic mass is 10.1. The van der Waals surface area contributed by atoms with E-state index in [0.717, 1.165) is 8.66 Å². The van der Waals surface area contributed by atoms with Gasteiger partial charge in [0.2, 0.25) is 0 Å². The number of halogens is 1. The van der Waals surface area contributed by atoms with Gasteiger partial charge in [-0.15, -0.1) is 11.3 Å². The predicted octanol–water partition coefficient (Wildman–Crippen LogP) is 3.90. The van der Waals surface area contributed by atoms with Crippen molar-refractivity contribution in [2.45, 2.75) is 6.54 Å². The lowest BCUT2D eigenvalue weighted by Crippen LogP contribution is -2.03. The van der Waals surface area contributed by atoms with E-state index < -0.39 is 4.92 Å². The van der Waals surface area contributed by atoms with Gasteiger partial charge < -0.3 is 5.32 Å². The Morgan fingerprint density at radius 2 is 2.21 bits per heavy atom. The molecule has 2 rings (SSSR count). The van der Waals surface area contributed by atoms with Gasteiger partial charge in [-0.3, -0.25) is 10.1 Å². The first kappa shape index (κ1) is 13.5. The molecule has 0 atom stereocenters. The van der Waals surface area contributed by atoms with E-state index in [1.165, 1.54) is 6.07 Å². The van der Waals surface area contributed by atoms with Crippen molar-refractivity contribution in [2.75, 3.05) is 5.32 Å². The highest BCUT2D eigenvalue weighted by molar-refractivity contribution is 9.11. The Morgan fingerprint density at radius 1 is 1.42 bits per heavy atom. The predicted molar refractivity (Wildman–Crippen MR) is 77.2 cm³/mol. The van der Waals surface area contributed by atoms with Gasteiger partial charge >= 0.3 is 5.69 Å². The van der Waals surface area contributed by atoms with Crippen LogP contribution in [0.25, 0.3) is 0 Å². The molecule has 0 fully saturated rings. The van der Waals surface area contributed by atoms with Crippen LogP contribution in [0.15, 0.2) is 34.1 Å². The van der Waals surface area contributed by atoms with Crippen LogP contribution in [0.5, 0.6) is 0 Å². The number of para-hydroxylation sites is 1. The molecule has 1 aromatic carbocycles. The summed E-state index contributed by atoms with van der Waals surface area (Å²) in [5.41, 5.74) is 0.233. The van der Waals surface area contributed by atoms with Crippen molar-refractivity contribution in [3.05, 3.63) is 54.7 Å². The molecule has 0 aliphatic rings. The van der Waals surface area contributed by atoms with Crippen molar-refractivity contribution in [1.82, 2.24) is 0 Å². The van der Waals surface area contributed by atoms with E-state index in [1.54, 1.807) is 23.5 Å². The monoisotopic (exact) mass is 337 g/mol. The van der Waals surface area contributed by atoms with Gasteiger partial charge in [-0.2, -0.15) is 5.26 Å². The topological polar surface area (TPSA) is 79.0 Å². The second kappa shape index (κ2) is 5.82. The highest BCUT2D eigenvalue weighted by Crippen LogP contribution is 2.29. The lowest BCUT2D eigenvalue weighted by molar-refractivity contribution is -0.384. The maximum Gasteiger partial charge on any atom is 0.309 e. The summed E-state index contributed by atoms with van der Waals surface area (Å²) in [5.74, 6) is 0. The van der Waals surface area contributed by atoms with Crippen molar-refractivity contribution in [3.8, 4) is 6.07 Å². The number of thiophene rings is 1. The summed E-state index contributed by atoms with van der Waals surface area (Å²) in [6.07, 6.45) is 0. The first-order chi connectivity index (χ1) is 9.11. The lowest BCUT2D eigenvalue weighted by Gasteiger charge is -2.06. The molecule has 0 saturated carbocycles. The zero-order chi connectivity index (χ0) is 13.8. The van der Waals surface area contributed by atoms with E-state index in [1.807, 2.05) is 18.2 Å². The van der Waals surface area contributed by atoms with Crippen LogP contribution in [-0.2, 0) is 6.54 Å². The largest absolute Gasteiger partial charge is 0.375 e. The molecule has 0 saturated heterocycles. The highest BCUT2D eigenvalue weighted by Gasteiger charge is 2.19. The molecule has 96 valence electrons. The Balaban J connectivity index is 2.25. The molecule has 5 nitrogen and oxygen atoms in total. The first-order valence-electron chi connectivity index (χ1n) is 5.27. The number of anilines is 1. The van der Waals surface area contributed by atoms with Crippen LogP contribution < -0.4 is 5.32 Å². The van der Waals surface area contributed by atoms with Crippen molar-refractivity contribution in [2.24, 2.45) is 0 Å². The minimum absolute atomic E-state index is 0.0577. The molecule has 0 unspecified atom stereocenters. The van der Waals surface area contributed by atoms with Gasteiger partial charge in [0.05, 0.1) is 8.71 Å². The molecule has 2 aromatic rings. The summed E-state index contributed by atoms with van der Waals surface area (Å²) in [7, 11) is 0. The Bertz CT molecular complexity index is 663. The van der Waals surface area contributed by atoms with Crippen LogP contribution in [-0.4, -0.2) is 4.92 Å². The van der Waals surface area contributed by atoms with Gasteiger partial charge in [-0.1, -0.05) is 6.07 Å². The average Bonchev–Trinajstić information content (AvgIpc) is 2.81. The number of nitrogens with zero attached hydrogens (tertiary/aromatic N) is 2. The third kappa shape index (κ3) is 3.10. The summed E-state index contributed by atoms with van der Waals surface area (Å²) in [5, 5.41) is 22.9. The third-order valence-corrected chi connectivity index (χ3v) is 4.04. The van der Waals surface area contributed by atoms with E-state index >= 15 is 0 Å². The average molecular weight is 338 g/mol. The second-order valence-electron chi connectivity index (χ2n) is 3.63. The van der Waals surface area contributed by atoms with Gasteiger partial charge in [0.1, 0.15) is 17.3 Å². The molecule has 0 bridgehead atoms. The van der Waals surface area contributed by atoms with E-state index in [-0.39, 0.29) is 11.3 Å². The van der Waals surface area contributed by atoms with Crippen molar-refractivity contribution >= 4 is 38.6 Å². The van der Waals surface area contributed by atoms with Crippen LogP contribution in [0.4, 0.5) is 11.4 Å². The SMILES string of the molecule is N#Cc1cccc(NCc2ccc(Br)s2)c1[N+](=O)[O-].